The van der Waals surface area contributed by atoms with Crippen molar-refractivity contribution in [2.45, 2.75) is 31.4 Å². The maximum absolute atomic E-state index is 12.5. The van der Waals surface area contributed by atoms with E-state index in [1.807, 2.05) is 12.1 Å². The fourth-order valence-corrected chi connectivity index (χ4v) is 4.66. The second-order valence-corrected chi connectivity index (χ2v) is 9.02. The van der Waals surface area contributed by atoms with Gasteiger partial charge in [0.2, 0.25) is 0 Å². The lowest BCUT2D eigenvalue weighted by Gasteiger charge is -2.31. The second kappa shape index (κ2) is 10.7. The molecular weight excluding hydrogens is 497 g/mol. The highest BCUT2D eigenvalue weighted by molar-refractivity contribution is 6.35. The molecule has 0 amide bonds. The SMILES string of the molecule is O=C(O)C(F)(F)F.O=c1[nH]c(C2CCN(CCc3c[nH]c4ccccc34)CC2)nc2cccc(Cl)c12. The number of halogens is 4. The molecular formula is C25H24ClF3N4O3. The Labute approximate surface area is 208 Å². The molecule has 36 heavy (non-hydrogen) atoms. The lowest BCUT2D eigenvalue weighted by molar-refractivity contribution is -0.192. The number of aromatic nitrogens is 3. The van der Waals surface area contributed by atoms with E-state index in [0.29, 0.717) is 15.9 Å². The van der Waals surface area contributed by atoms with Gasteiger partial charge < -0.3 is 20.0 Å². The predicted octanol–water partition coefficient (Wildman–Crippen LogP) is 5.11. The molecule has 0 saturated carbocycles. The highest BCUT2D eigenvalue weighted by atomic mass is 35.5. The molecule has 11 heteroatoms. The van der Waals surface area contributed by atoms with Crippen LogP contribution < -0.4 is 5.56 Å². The number of aliphatic carboxylic acids is 1. The number of fused-ring (bicyclic) bond motifs is 2. The van der Waals surface area contributed by atoms with Gasteiger partial charge in [-0.05, 0) is 56.1 Å². The van der Waals surface area contributed by atoms with Gasteiger partial charge in [-0.1, -0.05) is 35.9 Å². The number of carboxylic acid groups (broad SMARTS) is 1. The van der Waals surface area contributed by atoms with Crippen molar-refractivity contribution in [1.29, 1.82) is 0 Å². The Balaban J connectivity index is 0.000000384. The van der Waals surface area contributed by atoms with E-state index in [-0.39, 0.29) is 11.5 Å². The molecule has 1 fully saturated rings. The summed E-state index contributed by atoms with van der Waals surface area (Å²) in [6.45, 7) is 3.08. The van der Waals surface area contributed by atoms with Crippen LogP contribution in [-0.2, 0) is 11.2 Å². The number of hydrogen-bond donors (Lipinski definition) is 3. The van der Waals surface area contributed by atoms with Crippen molar-refractivity contribution in [2.24, 2.45) is 0 Å². The van der Waals surface area contributed by atoms with Crippen LogP contribution in [0.5, 0.6) is 0 Å². The standard InChI is InChI=1S/C23H23ClN4O.C2HF3O2/c24-18-5-3-7-20-21(18)23(29)27-22(26-20)15-8-11-28(12-9-15)13-10-16-14-25-19-6-2-1-4-17(16)19;3-2(4,5)1(6)7/h1-7,14-15,25H,8-13H2,(H,26,27,29);(H,6,7). The van der Waals surface area contributed by atoms with Crippen LogP contribution in [-0.4, -0.2) is 56.7 Å². The van der Waals surface area contributed by atoms with E-state index in [4.69, 9.17) is 26.5 Å². The van der Waals surface area contributed by atoms with Crippen molar-refractivity contribution in [2.75, 3.05) is 19.6 Å². The third-order valence-electron chi connectivity index (χ3n) is 6.29. The Bertz CT molecular complexity index is 1430. The smallest absolute Gasteiger partial charge is 0.475 e. The van der Waals surface area contributed by atoms with Crippen molar-refractivity contribution in [3.05, 3.63) is 75.4 Å². The summed E-state index contributed by atoms with van der Waals surface area (Å²) < 4.78 is 31.7. The molecule has 190 valence electrons. The van der Waals surface area contributed by atoms with Crippen molar-refractivity contribution < 1.29 is 23.1 Å². The molecule has 4 aromatic rings. The number of benzene rings is 2. The number of piperidine rings is 1. The van der Waals surface area contributed by atoms with Gasteiger partial charge in [-0.15, -0.1) is 0 Å². The Kier molecular flexibility index (Phi) is 7.65. The lowest BCUT2D eigenvalue weighted by atomic mass is 9.95. The summed E-state index contributed by atoms with van der Waals surface area (Å²) in [6.07, 6.45) is 0.0936. The van der Waals surface area contributed by atoms with Crippen LogP contribution in [0, 0.1) is 0 Å². The average molecular weight is 521 g/mol. The summed E-state index contributed by atoms with van der Waals surface area (Å²) >= 11 is 6.16. The number of carboxylic acids is 1. The monoisotopic (exact) mass is 520 g/mol. The van der Waals surface area contributed by atoms with E-state index >= 15 is 0 Å². The van der Waals surface area contributed by atoms with Crippen LogP contribution in [0.4, 0.5) is 13.2 Å². The molecule has 3 N–H and O–H groups in total. The molecule has 0 bridgehead atoms. The van der Waals surface area contributed by atoms with Gasteiger partial charge in [-0.2, -0.15) is 13.2 Å². The number of H-pyrrole nitrogens is 2. The quantitative estimate of drug-likeness (QED) is 0.347. The molecule has 1 saturated heterocycles. The van der Waals surface area contributed by atoms with Gasteiger partial charge >= 0.3 is 12.1 Å². The van der Waals surface area contributed by atoms with Crippen molar-refractivity contribution in [3.63, 3.8) is 0 Å². The van der Waals surface area contributed by atoms with E-state index in [1.165, 1.54) is 16.5 Å². The van der Waals surface area contributed by atoms with E-state index in [1.54, 1.807) is 6.07 Å². The van der Waals surface area contributed by atoms with E-state index in [2.05, 4.69) is 45.3 Å². The number of para-hydroxylation sites is 1. The first-order valence-electron chi connectivity index (χ1n) is 11.4. The second-order valence-electron chi connectivity index (χ2n) is 8.61. The molecule has 2 aromatic carbocycles. The van der Waals surface area contributed by atoms with E-state index in [9.17, 15) is 18.0 Å². The minimum atomic E-state index is -5.08. The first-order valence-corrected chi connectivity index (χ1v) is 11.8. The first kappa shape index (κ1) is 25.7. The normalized spacial score (nSPS) is 15.1. The zero-order valence-corrected chi connectivity index (χ0v) is 19.9. The lowest BCUT2D eigenvalue weighted by Crippen LogP contribution is -2.35. The fraction of sp³-hybridized carbons (Fsp3) is 0.320. The van der Waals surface area contributed by atoms with Crippen molar-refractivity contribution in [1.82, 2.24) is 19.9 Å². The minimum Gasteiger partial charge on any atom is -0.475 e. The van der Waals surface area contributed by atoms with Gasteiger partial charge in [0.1, 0.15) is 5.82 Å². The fourth-order valence-electron chi connectivity index (χ4n) is 4.41. The summed E-state index contributed by atoms with van der Waals surface area (Å²) in [4.78, 5) is 34.9. The van der Waals surface area contributed by atoms with Gasteiger partial charge in [0.05, 0.1) is 15.9 Å². The highest BCUT2D eigenvalue weighted by Gasteiger charge is 2.38. The molecule has 3 heterocycles. The first-order chi connectivity index (χ1) is 17.1. The molecule has 7 nitrogen and oxygen atoms in total. The third kappa shape index (κ3) is 5.88. The van der Waals surface area contributed by atoms with Crippen LogP contribution >= 0.6 is 11.6 Å². The number of hydrogen-bond acceptors (Lipinski definition) is 4. The number of alkyl halides is 3. The van der Waals surface area contributed by atoms with Crippen LogP contribution in [0.15, 0.2) is 53.5 Å². The zero-order chi connectivity index (χ0) is 25.9. The van der Waals surface area contributed by atoms with Crippen LogP contribution in [0.2, 0.25) is 5.02 Å². The summed E-state index contributed by atoms with van der Waals surface area (Å²) in [5.74, 6) is -1.68. The Hall–Kier alpha value is -3.37. The molecule has 0 atom stereocenters. The number of nitrogens with zero attached hydrogens (tertiary/aromatic N) is 2. The van der Waals surface area contributed by atoms with E-state index < -0.39 is 12.1 Å². The van der Waals surface area contributed by atoms with Crippen LogP contribution in [0.1, 0.15) is 30.1 Å². The summed E-state index contributed by atoms with van der Waals surface area (Å²) in [6, 6.07) is 13.9. The average Bonchev–Trinajstić information content (AvgIpc) is 3.26. The molecule has 0 radical (unpaired) electrons. The van der Waals surface area contributed by atoms with Crippen LogP contribution in [0.25, 0.3) is 21.8 Å². The largest absolute Gasteiger partial charge is 0.490 e. The molecule has 1 aliphatic heterocycles. The third-order valence-corrected chi connectivity index (χ3v) is 6.61. The summed E-state index contributed by atoms with van der Waals surface area (Å²) in [7, 11) is 0. The number of nitrogens with one attached hydrogen (secondary N) is 2. The number of rotatable bonds is 4. The molecule has 5 rings (SSSR count). The maximum atomic E-state index is 12.5. The van der Waals surface area contributed by atoms with Gasteiger partial charge in [-0.3, -0.25) is 4.79 Å². The Morgan fingerprint density at radius 2 is 1.83 bits per heavy atom. The highest BCUT2D eigenvalue weighted by Crippen LogP contribution is 2.27. The number of carbonyl (C=O) groups is 1. The molecule has 1 aliphatic rings. The maximum Gasteiger partial charge on any atom is 0.490 e. The summed E-state index contributed by atoms with van der Waals surface area (Å²) in [5.41, 5.74) is 3.11. The molecule has 2 aromatic heterocycles. The topological polar surface area (TPSA) is 102 Å². The van der Waals surface area contributed by atoms with E-state index in [0.717, 1.165) is 44.7 Å². The molecule has 0 unspecified atom stereocenters. The zero-order valence-electron chi connectivity index (χ0n) is 19.1. The van der Waals surface area contributed by atoms with Gasteiger partial charge in [0.25, 0.3) is 5.56 Å². The summed E-state index contributed by atoms with van der Waals surface area (Å²) in [5, 5.41) is 9.38. The Morgan fingerprint density at radius 1 is 1.14 bits per heavy atom. The van der Waals surface area contributed by atoms with Crippen molar-refractivity contribution >= 4 is 39.4 Å². The van der Waals surface area contributed by atoms with Gasteiger partial charge in [0.15, 0.2) is 0 Å². The Morgan fingerprint density at radius 3 is 2.53 bits per heavy atom. The van der Waals surface area contributed by atoms with Crippen molar-refractivity contribution in [3.8, 4) is 0 Å². The predicted molar refractivity (Wildman–Crippen MR) is 131 cm³/mol. The van der Waals surface area contributed by atoms with Crippen LogP contribution in [0.3, 0.4) is 0 Å². The van der Waals surface area contributed by atoms with Gasteiger partial charge in [0, 0.05) is 29.6 Å². The van der Waals surface area contributed by atoms with Gasteiger partial charge in [-0.25, -0.2) is 9.78 Å². The molecule has 0 aliphatic carbocycles. The number of aromatic amines is 2. The number of likely N-dealkylation sites (tertiary alicyclic amines) is 1. The molecule has 0 spiro atoms. The minimum absolute atomic E-state index is 0.141.